The zero-order chi connectivity index (χ0) is 14.8. The van der Waals surface area contributed by atoms with Crippen LogP contribution in [0.4, 0.5) is 5.82 Å². The first-order valence-corrected chi connectivity index (χ1v) is 6.89. The smallest absolute Gasteiger partial charge is 0.156 e. The van der Waals surface area contributed by atoms with Crippen molar-refractivity contribution in [2.75, 3.05) is 5.32 Å². The molecule has 0 amide bonds. The van der Waals surface area contributed by atoms with E-state index >= 15 is 0 Å². The normalized spacial score (nSPS) is 10.8. The summed E-state index contributed by atoms with van der Waals surface area (Å²) in [6, 6.07) is 12.2. The minimum Gasteiger partial charge on any atom is -0.363 e. The van der Waals surface area contributed by atoms with E-state index in [0.29, 0.717) is 6.54 Å². The van der Waals surface area contributed by atoms with E-state index in [1.165, 1.54) is 5.56 Å². The lowest BCUT2D eigenvalue weighted by atomic mass is 10.1. The Morgan fingerprint density at radius 1 is 1.19 bits per heavy atom. The zero-order valence-electron chi connectivity index (χ0n) is 12.4. The molecule has 5 nitrogen and oxygen atoms in total. The summed E-state index contributed by atoms with van der Waals surface area (Å²) in [5.41, 5.74) is 4.22. The molecule has 3 aromatic rings. The van der Waals surface area contributed by atoms with Crippen LogP contribution in [0.3, 0.4) is 0 Å². The number of hydrogen-bond donors (Lipinski definition) is 1. The molecule has 2 heterocycles. The number of benzene rings is 1. The van der Waals surface area contributed by atoms with Gasteiger partial charge in [-0.3, -0.25) is 4.68 Å². The molecule has 1 aromatic carbocycles. The standard InChI is InChI=1S/C16H18N4O/c1-11-6-4-5-7-14(11)15-9-16(20(3)18-15)17-10-13-8-12(2)19-21-13/h4-9,17H,10H2,1-3H3. The summed E-state index contributed by atoms with van der Waals surface area (Å²) >= 11 is 0. The van der Waals surface area contributed by atoms with Crippen molar-refractivity contribution in [2.24, 2.45) is 7.05 Å². The topological polar surface area (TPSA) is 55.9 Å². The van der Waals surface area contributed by atoms with Crippen LogP contribution in [0.5, 0.6) is 0 Å². The van der Waals surface area contributed by atoms with Gasteiger partial charge in [-0.1, -0.05) is 29.4 Å². The Labute approximate surface area is 123 Å². The van der Waals surface area contributed by atoms with Gasteiger partial charge in [0.2, 0.25) is 0 Å². The van der Waals surface area contributed by atoms with Crippen molar-refractivity contribution in [1.82, 2.24) is 14.9 Å². The van der Waals surface area contributed by atoms with Crippen LogP contribution in [0.1, 0.15) is 17.0 Å². The highest BCUT2D eigenvalue weighted by Gasteiger charge is 2.09. The van der Waals surface area contributed by atoms with Gasteiger partial charge >= 0.3 is 0 Å². The van der Waals surface area contributed by atoms with Crippen LogP contribution >= 0.6 is 0 Å². The summed E-state index contributed by atoms with van der Waals surface area (Å²) in [6.07, 6.45) is 0. The molecular weight excluding hydrogens is 264 g/mol. The van der Waals surface area contributed by atoms with Crippen LogP contribution in [0.2, 0.25) is 0 Å². The Balaban J connectivity index is 1.80. The fourth-order valence-electron chi connectivity index (χ4n) is 2.30. The molecule has 0 spiro atoms. The molecule has 21 heavy (non-hydrogen) atoms. The Kier molecular flexibility index (Phi) is 3.48. The quantitative estimate of drug-likeness (QED) is 0.797. The number of aryl methyl sites for hydroxylation is 3. The number of nitrogens with one attached hydrogen (secondary N) is 1. The molecular formula is C16H18N4O. The number of nitrogens with zero attached hydrogens (tertiary/aromatic N) is 3. The molecule has 0 unspecified atom stereocenters. The van der Waals surface area contributed by atoms with Gasteiger partial charge in [-0.25, -0.2) is 0 Å². The van der Waals surface area contributed by atoms with Gasteiger partial charge in [-0.05, 0) is 19.4 Å². The van der Waals surface area contributed by atoms with Gasteiger partial charge in [0, 0.05) is 24.7 Å². The summed E-state index contributed by atoms with van der Waals surface area (Å²) in [5.74, 6) is 1.76. The third-order valence-corrected chi connectivity index (χ3v) is 3.42. The third kappa shape index (κ3) is 2.81. The molecule has 0 bridgehead atoms. The van der Waals surface area contributed by atoms with Gasteiger partial charge in [0.05, 0.1) is 17.9 Å². The summed E-state index contributed by atoms with van der Waals surface area (Å²) in [6.45, 7) is 4.59. The van der Waals surface area contributed by atoms with Crippen LogP contribution in [-0.4, -0.2) is 14.9 Å². The van der Waals surface area contributed by atoms with Crippen molar-refractivity contribution < 1.29 is 4.52 Å². The SMILES string of the molecule is Cc1cc(CNc2cc(-c3ccccc3C)nn2C)on1. The maximum atomic E-state index is 5.19. The van der Waals surface area contributed by atoms with Crippen molar-refractivity contribution in [3.63, 3.8) is 0 Å². The number of aromatic nitrogens is 3. The second-order valence-electron chi connectivity index (χ2n) is 5.14. The lowest BCUT2D eigenvalue weighted by molar-refractivity contribution is 0.384. The van der Waals surface area contributed by atoms with Crippen LogP contribution < -0.4 is 5.32 Å². The monoisotopic (exact) mass is 282 g/mol. The minimum atomic E-state index is 0.591. The van der Waals surface area contributed by atoms with Crippen LogP contribution in [0.15, 0.2) is 40.9 Å². The first kappa shape index (κ1) is 13.4. The van der Waals surface area contributed by atoms with Gasteiger partial charge in [0.15, 0.2) is 5.76 Å². The van der Waals surface area contributed by atoms with E-state index in [-0.39, 0.29) is 0 Å². The van der Waals surface area contributed by atoms with Gasteiger partial charge in [-0.2, -0.15) is 5.10 Å². The fourth-order valence-corrected chi connectivity index (χ4v) is 2.30. The lowest BCUT2D eigenvalue weighted by Crippen LogP contribution is -2.03. The second-order valence-corrected chi connectivity index (χ2v) is 5.14. The lowest BCUT2D eigenvalue weighted by Gasteiger charge is -2.02. The fraction of sp³-hybridized carbons (Fsp3) is 0.250. The second kappa shape index (κ2) is 5.44. The molecule has 3 rings (SSSR count). The summed E-state index contributed by atoms with van der Waals surface area (Å²) in [7, 11) is 1.93. The average molecular weight is 282 g/mol. The summed E-state index contributed by atoms with van der Waals surface area (Å²) < 4.78 is 7.03. The van der Waals surface area contributed by atoms with Gasteiger partial charge in [-0.15, -0.1) is 0 Å². The first-order valence-electron chi connectivity index (χ1n) is 6.89. The van der Waals surface area contributed by atoms with Crippen molar-refractivity contribution in [3.8, 4) is 11.3 Å². The molecule has 0 aliphatic heterocycles. The van der Waals surface area contributed by atoms with E-state index < -0.39 is 0 Å². The molecule has 0 aliphatic rings. The van der Waals surface area contributed by atoms with Crippen molar-refractivity contribution in [1.29, 1.82) is 0 Å². The molecule has 0 radical (unpaired) electrons. The van der Waals surface area contributed by atoms with E-state index in [1.807, 2.05) is 42.9 Å². The average Bonchev–Trinajstić information content (AvgIpc) is 3.03. The molecule has 0 saturated carbocycles. The van der Waals surface area contributed by atoms with Crippen LogP contribution in [0, 0.1) is 13.8 Å². The van der Waals surface area contributed by atoms with E-state index in [0.717, 1.165) is 28.5 Å². The predicted molar refractivity (Wildman–Crippen MR) is 81.9 cm³/mol. The molecule has 0 saturated heterocycles. The predicted octanol–water partition coefficient (Wildman–Crippen LogP) is 3.30. The van der Waals surface area contributed by atoms with E-state index in [1.54, 1.807) is 0 Å². The Hall–Kier alpha value is -2.56. The van der Waals surface area contributed by atoms with E-state index in [4.69, 9.17) is 4.52 Å². The van der Waals surface area contributed by atoms with Gasteiger partial charge < -0.3 is 9.84 Å². The summed E-state index contributed by atoms with van der Waals surface area (Å²) in [4.78, 5) is 0. The van der Waals surface area contributed by atoms with Crippen molar-refractivity contribution in [3.05, 3.63) is 53.4 Å². The maximum absolute atomic E-state index is 5.19. The van der Waals surface area contributed by atoms with E-state index in [2.05, 4.69) is 34.6 Å². The van der Waals surface area contributed by atoms with Crippen molar-refractivity contribution in [2.45, 2.75) is 20.4 Å². The largest absolute Gasteiger partial charge is 0.363 e. The van der Waals surface area contributed by atoms with Crippen LogP contribution in [-0.2, 0) is 13.6 Å². The maximum Gasteiger partial charge on any atom is 0.156 e. The van der Waals surface area contributed by atoms with Crippen molar-refractivity contribution >= 4 is 5.82 Å². The van der Waals surface area contributed by atoms with Crippen LogP contribution in [0.25, 0.3) is 11.3 Å². The number of hydrogen-bond acceptors (Lipinski definition) is 4. The zero-order valence-corrected chi connectivity index (χ0v) is 12.4. The Morgan fingerprint density at radius 2 is 2.00 bits per heavy atom. The molecule has 1 N–H and O–H groups in total. The molecule has 0 fully saturated rings. The first-order chi connectivity index (χ1) is 10.1. The van der Waals surface area contributed by atoms with Gasteiger partial charge in [0.25, 0.3) is 0 Å². The Bertz CT molecular complexity index is 757. The molecule has 108 valence electrons. The van der Waals surface area contributed by atoms with E-state index in [9.17, 15) is 0 Å². The molecule has 0 atom stereocenters. The highest BCUT2D eigenvalue weighted by molar-refractivity contribution is 5.66. The summed E-state index contributed by atoms with van der Waals surface area (Å²) in [5, 5.41) is 11.8. The van der Waals surface area contributed by atoms with Gasteiger partial charge in [0.1, 0.15) is 5.82 Å². The number of anilines is 1. The molecule has 5 heteroatoms. The number of rotatable bonds is 4. The third-order valence-electron chi connectivity index (χ3n) is 3.42. The molecule has 0 aliphatic carbocycles. The highest BCUT2D eigenvalue weighted by atomic mass is 16.5. The Morgan fingerprint density at radius 3 is 2.71 bits per heavy atom. The minimum absolute atomic E-state index is 0.591. The molecule has 2 aromatic heterocycles. The highest BCUT2D eigenvalue weighted by Crippen LogP contribution is 2.24.